The van der Waals surface area contributed by atoms with Crippen LogP contribution in [0.1, 0.15) is 36.7 Å². The Morgan fingerprint density at radius 3 is 2.53 bits per heavy atom. The van der Waals surface area contributed by atoms with Gasteiger partial charge in [0.05, 0.1) is 6.61 Å². The second-order valence-corrected chi connectivity index (χ2v) is 4.81. The summed E-state index contributed by atoms with van der Waals surface area (Å²) >= 11 is 0. The van der Waals surface area contributed by atoms with Gasteiger partial charge in [0.1, 0.15) is 17.9 Å². The van der Waals surface area contributed by atoms with Crippen LogP contribution in [0.2, 0.25) is 0 Å². The van der Waals surface area contributed by atoms with Crippen molar-refractivity contribution in [1.82, 2.24) is 0 Å². The maximum atomic E-state index is 11.6. The molecule has 0 aliphatic heterocycles. The molecular formula is C13H18O4. The fraction of sp³-hybridized carbons (Fsp3) is 0.462. The van der Waals surface area contributed by atoms with E-state index in [1.165, 1.54) is 6.07 Å². The first-order chi connectivity index (χ1) is 7.88. The molecule has 0 atom stereocenters. The molecule has 1 aromatic rings. The van der Waals surface area contributed by atoms with E-state index in [4.69, 9.17) is 9.84 Å². The Morgan fingerprint density at radius 2 is 2.00 bits per heavy atom. The predicted molar refractivity (Wildman–Crippen MR) is 64.2 cm³/mol. The number of carbonyl (C=O) groups excluding carboxylic acids is 1. The van der Waals surface area contributed by atoms with Crippen LogP contribution in [0.3, 0.4) is 0 Å². The van der Waals surface area contributed by atoms with Crippen molar-refractivity contribution < 1.29 is 19.7 Å². The Bertz CT molecular complexity index is 404. The van der Waals surface area contributed by atoms with E-state index in [0.29, 0.717) is 5.56 Å². The van der Waals surface area contributed by atoms with E-state index in [2.05, 4.69) is 0 Å². The molecule has 0 heterocycles. The average molecular weight is 238 g/mol. The van der Waals surface area contributed by atoms with Crippen LogP contribution >= 0.6 is 0 Å². The zero-order valence-corrected chi connectivity index (χ0v) is 10.4. The minimum absolute atomic E-state index is 0.0528. The molecule has 4 heteroatoms. The fourth-order valence-corrected chi connectivity index (χ4v) is 1.53. The summed E-state index contributed by atoms with van der Waals surface area (Å²) in [7, 11) is 0. The van der Waals surface area contributed by atoms with Gasteiger partial charge < -0.3 is 14.9 Å². The van der Waals surface area contributed by atoms with Gasteiger partial charge in [-0.3, -0.25) is 0 Å². The summed E-state index contributed by atoms with van der Waals surface area (Å²) in [5.74, 6) is -0.675. The molecule has 1 rings (SSSR count). The molecule has 0 spiro atoms. The molecule has 2 N–H and O–H groups in total. The fourth-order valence-electron chi connectivity index (χ4n) is 1.53. The SMILES string of the molecule is CC(C)(C)c1cccc(C(=O)OCCO)c1O. The molecule has 0 unspecified atom stereocenters. The Labute approximate surface area is 101 Å². The molecular weight excluding hydrogens is 220 g/mol. The first-order valence-electron chi connectivity index (χ1n) is 5.48. The third-order valence-corrected chi connectivity index (χ3v) is 2.39. The number of phenolic OH excluding ortho intramolecular Hbond substituents is 1. The molecule has 0 fully saturated rings. The number of phenols is 1. The number of benzene rings is 1. The molecule has 0 aliphatic carbocycles. The molecule has 94 valence electrons. The Kier molecular flexibility index (Phi) is 4.12. The zero-order chi connectivity index (χ0) is 13.1. The molecule has 0 aromatic heterocycles. The largest absolute Gasteiger partial charge is 0.507 e. The first-order valence-corrected chi connectivity index (χ1v) is 5.48. The van der Waals surface area contributed by atoms with Crippen molar-refractivity contribution in [3.05, 3.63) is 29.3 Å². The van der Waals surface area contributed by atoms with Crippen LogP contribution in [0, 0.1) is 0 Å². The van der Waals surface area contributed by atoms with Crippen molar-refractivity contribution in [2.45, 2.75) is 26.2 Å². The number of carbonyl (C=O) groups is 1. The quantitative estimate of drug-likeness (QED) is 0.788. The minimum atomic E-state index is -0.623. The van der Waals surface area contributed by atoms with Crippen LogP contribution in [-0.2, 0) is 10.2 Å². The van der Waals surface area contributed by atoms with Crippen molar-refractivity contribution in [3.63, 3.8) is 0 Å². The third kappa shape index (κ3) is 3.20. The molecule has 17 heavy (non-hydrogen) atoms. The van der Waals surface area contributed by atoms with Gasteiger partial charge in [-0.1, -0.05) is 32.9 Å². The smallest absolute Gasteiger partial charge is 0.342 e. The molecule has 0 amide bonds. The van der Waals surface area contributed by atoms with Gasteiger partial charge in [0.25, 0.3) is 0 Å². The van der Waals surface area contributed by atoms with Crippen molar-refractivity contribution >= 4 is 5.97 Å². The standard InChI is InChI=1S/C13H18O4/c1-13(2,3)10-6-4-5-9(11(10)15)12(16)17-8-7-14/h4-6,14-15H,7-8H2,1-3H3. The Hall–Kier alpha value is -1.55. The summed E-state index contributed by atoms with van der Waals surface area (Å²) in [6, 6.07) is 4.98. The summed E-state index contributed by atoms with van der Waals surface area (Å²) in [6.45, 7) is 5.55. The van der Waals surface area contributed by atoms with Crippen molar-refractivity contribution in [3.8, 4) is 5.75 Å². The molecule has 0 radical (unpaired) electrons. The molecule has 4 nitrogen and oxygen atoms in total. The van der Waals surface area contributed by atoms with E-state index in [0.717, 1.165) is 0 Å². The molecule has 1 aromatic carbocycles. The van der Waals surface area contributed by atoms with Gasteiger partial charge in [0.2, 0.25) is 0 Å². The number of hydrogen-bond donors (Lipinski definition) is 2. The maximum Gasteiger partial charge on any atom is 0.342 e. The van der Waals surface area contributed by atoms with E-state index < -0.39 is 5.97 Å². The number of para-hydroxylation sites is 1. The number of rotatable bonds is 3. The predicted octanol–water partition coefficient (Wildman–Crippen LogP) is 1.84. The average Bonchev–Trinajstić information content (AvgIpc) is 2.24. The topological polar surface area (TPSA) is 66.8 Å². The lowest BCUT2D eigenvalue weighted by molar-refractivity contribution is 0.0430. The number of aliphatic hydroxyl groups excluding tert-OH is 1. The summed E-state index contributed by atoms with van der Waals surface area (Å²) in [5, 5.41) is 18.6. The Balaban J connectivity index is 3.06. The first kappa shape index (κ1) is 13.5. The summed E-state index contributed by atoms with van der Waals surface area (Å²) < 4.78 is 4.78. The monoisotopic (exact) mass is 238 g/mol. The highest BCUT2D eigenvalue weighted by molar-refractivity contribution is 5.93. The van der Waals surface area contributed by atoms with Gasteiger partial charge in [-0.05, 0) is 11.5 Å². The van der Waals surface area contributed by atoms with Crippen LogP contribution in [0.5, 0.6) is 5.75 Å². The molecule has 0 saturated carbocycles. The van der Waals surface area contributed by atoms with Crippen LogP contribution in [0.4, 0.5) is 0 Å². The van der Waals surface area contributed by atoms with Crippen molar-refractivity contribution in [1.29, 1.82) is 0 Å². The highest BCUT2D eigenvalue weighted by Gasteiger charge is 2.22. The second-order valence-electron chi connectivity index (χ2n) is 4.81. The molecule has 0 aliphatic rings. The van der Waals surface area contributed by atoms with Gasteiger partial charge in [0.15, 0.2) is 0 Å². The van der Waals surface area contributed by atoms with E-state index in [-0.39, 0.29) is 29.9 Å². The highest BCUT2D eigenvalue weighted by atomic mass is 16.5. The lowest BCUT2D eigenvalue weighted by Crippen LogP contribution is -2.14. The van der Waals surface area contributed by atoms with Gasteiger partial charge in [-0.25, -0.2) is 4.79 Å². The highest BCUT2D eigenvalue weighted by Crippen LogP contribution is 2.33. The van der Waals surface area contributed by atoms with E-state index in [1.54, 1.807) is 12.1 Å². The van der Waals surface area contributed by atoms with Crippen molar-refractivity contribution in [2.24, 2.45) is 0 Å². The van der Waals surface area contributed by atoms with E-state index in [9.17, 15) is 9.90 Å². The van der Waals surface area contributed by atoms with Crippen LogP contribution < -0.4 is 0 Å². The van der Waals surface area contributed by atoms with E-state index >= 15 is 0 Å². The third-order valence-electron chi connectivity index (χ3n) is 2.39. The van der Waals surface area contributed by atoms with Gasteiger partial charge in [-0.2, -0.15) is 0 Å². The maximum absolute atomic E-state index is 11.6. The van der Waals surface area contributed by atoms with E-state index in [1.807, 2.05) is 20.8 Å². The van der Waals surface area contributed by atoms with Crippen molar-refractivity contribution in [2.75, 3.05) is 13.2 Å². The summed E-state index contributed by atoms with van der Waals surface area (Å²) in [4.78, 5) is 11.6. The van der Waals surface area contributed by atoms with Gasteiger partial charge >= 0.3 is 5.97 Å². The number of aromatic hydroxyl groups is 1. The van der Waals surface area contributed by atoms with Gasteiger partial charge in [-0.15, -0.1) is 0 Å². The number of hydrogen-bond acceptors (Lipinski definition) is 4. The normalized spacial score (nSPS) is 11.3. The lowest BCUT2D eigenvalue weighted by Gasteiger charge is -2.21. The molecule has 0 saturated heterocycles. The zero-order valence-electron chi connectivity index (χ0n) is 10.4. The second kappa shape index (κ2) is 5.19. The van der Waals surface area contributed by atoms with Gasteiger partial charge in [0, 0.05) is 5.56 Å². The Morgan fingerprint density at radius 1 is 1.35 bits per heavy atom. The summed E-state index contributed by atoms with van der Waals surface area (Å²) in [6.07, 6.45) is 0. The molecule has 0 bridgehead atoms. The van der Waals surface area contributed by atoms with Crippen LogP contribution in [0.15, 0.2) is 18.2 Å². The number of aliphatic hydroxyl groups is 1. The number of esters is 1. The lowest BCUT2D eigenvalue weighted by atomic mass is 9.85. The van der Waals surface area contributed by atoms with Crippen LogP contribution in [-0.4, -0.2) is 29.4 Å². The number of ether oxygens (including phenoxy) is 1. The minimum Gasteiger partial charge on any atom is -0.507 e. The van der Waals surface area contributed by atoms with Crippen LogP contribution in [0.25, 0.3) is 0 Å². The summed E-state index contributed by atoms with van der Waals surface area (Å²) in [5.41, 5.74) is 0.569.